The number of anilines is 2. The Kier molecular flexibility index (Phi) is 6.33. The molecule has 8 heteroatoms. The summed E-state index contributed by atoms with van der Waals surface area (Å²) in [5.41, 5.74) is 9.78. The van der Waals surface area contributed by atoms with E-state index in [9.17, 15) is 9.59 Å². The third-order valence-electron chi connectivity index (χ3n) is 5.90. The molecule has 0 radical (unpaired) electrons. The smallest absolute Gasteiger partial charge is 0.272 e. The monoisotopic (exact) mass is 454 g/mol. The van der Waals surface area contributed by atoms with Crippen molar-refractivity contribution in [1.82, 2.24) is 15.6 Å². The lowest BCUT2D eigenvalue weighted by Crippen LogP contribution is -2.46. The minimum Gasteiger partial charge on any atom is -0.336 e. The zero-order chi connectivity index (χ0) is 23.3. The highest BCUT2D eigenvalue weighted by Crippen LogP contribution is 2.24. The highest BCUT2D eigenvalue weighted by molar-refractivity contribution is 6.24. The number of hydrazine groups is 1. The second-order valence-electron chi connectivity index (χ2n) is 8.16. The van der Waals surface area contributed by atoms with Gasteiger partial charge in [-0.05, 0) is 36.4 Å². The van der Waals surface area contributed by atoms with Gasteiger partial charge in [0.15, 0.2) is 6.04 Å². The molecule has 34 heavy (non-hydrogen) atoms. The van der Waals surface area contributed by atoms with Gasteiger partial charge in [0.05, 0.1) is 11.4 Å². The van der Waals surface area contributed by atoms with E-state index in [0.29, 0.717) is 30.1 Å². The van der Waals surface area contributed by atoms with E-state index in [0.717, 1.165) is 24.3 Å². The van der Waals surface area contributed by atoms with E-state index in [1.54, 1.807) is 24.3 Å². The minimum atomic E-state index is -0.676. The lowest BCUT2D eigenvalue weighted by Gasteiger charge is -2.27. The van der Waals surface area contributed by atoms with Crippen LogP contribution in [0.2, 0.25) is 0 Å². The molecule has 1 unspecified atom stereocenters. The Hall–Kier alpha value is -4.01. The Morgan fingerprint density at radius 2 is 1.53 bits per heavy atom. The van der Waals surface area contributed by atoms with Crippen molar-refractivity contribution in [1.29, 1.82) is 0 Å². The number of amides is 2. The number of rotatable bonds is 6. The van der Waals surface area contributed by atoms with Crippen LogP contribution in [0.5, 0.6) is 0 Å². The lowest BCUT2D eigenvalue weighted by atomic mass is 10.0. The molecular weight excluding hydrogens is 428 g/mol. The van der Waals surface area contributed by atoms with Crippen molar-refractivity contribution < 1.29 is 9.59 Å². The highest BCUT2D eigenvalue weighted by atomic mass is 16.2. The molecular formula is C26H26N6O2. The van der Waals surface area contributed by atoms with Crippen LogP contribution in [-0.4, -0.2) is 54.6 Å². The molecule has 3 N–H and O–H groups in total. The van der Waals surface area contributed by atoms with Gasteiger partial charge >= 0.3 is 0 Å². The number of hydrazone groups is 1. The first kappa shape index (κ1) is 21.8. The number of piperazine rings is 1. The topological polar surface area (TPSA) is 89.1 Å². The van der Waals surface area contributed by atoms with E-state index < -0.39 is 6.04 Å². The Morgan fingerprint density at radius 3 is 2.21 bits per heavy atom. The fourth-order valence-corrected chi connectivity index (χ4v) is 4.08. The normalized spacial score (nSPS) is 18.1. The third kappa shape index (κ3) is 4.54. The molecule has 1 saturated heterocycles. The molecule has 1 fully saturated rings. The van der Waals surface area contributed by atoms with Gasteiger partial charge in [0.2, 0.25) is 0 Å². The fourth-order valence-electron chi connectivity index (χ4n) is 4.08. The molecule has 3 aromatic carbocycles. The second-order valence-corrected chi connectivity index (χ2v) is 8.16. The Bertz CT molecular complexity index is 1170. The molecule has 0 saturated carbocycles. The molecule has 5 rings (SSSR count). The van der Waals surface area contributed by atoms with Crippen LogP contribution in [0.3, 0.4) is 0 Å². The largest absolute Gasteiger partial charge is 0.336 e. The number of benzene rings is 3. The van der Waals surface area contributed by atoms with Crippen molar-refractivity contribution in [2.45, 2.75) is 6.04 Å². The van der Waals surface area contributed by atoms with E-state index in [4.69, 9.17) is 0 Å². The average molecular weight is 455 g/mol. The maximum Gasteiger partial charge on any atom is 0.272 e. The van der Waals surface area contributed by atoms with Crippen molar-refractivity contribution in [3.05, 3.63) is 96.1 Å². The fraction of sp³-hybridized carbons (Fsp3) is 0.192. The summed E-state index contributed by atoms with van der Waals surface area (Å²) in [6, 6.07) is 25.6. The molecule has 172 valence electrons. The van der Waals surface area contributed by atoms with Crippen LogP contribution in [0.1, 0.15) is 15.9 Å². The first-order valence-electron chi connectivity index (χ1n) is 11.4. The summed E-state index contributed by atoms with van der Waals surface area (Å²) in [5.74, 6) is -0.204. The van der Waals surface area contributed by atoms with Crippen LogP contribution >= 0.6 is 0 Å². The Morgan fingerprint density at radius 1 is 0.882 bits per heavy atom. The lowest BCUT2D eigenvalue weighted by molar-refractivity contribution is -0.118. The van der Waals surface area contributed by atoms with Gasteiger partial charge in [0.1, 0.15) is 0 Å². The molecule has 0 aliphatic carbocycles. The SMILES string of the molecule is O=C(c1ccc(N2N=C(c3ccccc3)C(NNc3ccccc3)C2=O)cc1)N1CCNCC1. The molecule has 1 atom stereocenters. The standard InChI is InChI=1S/C26H26N6O2/c33-25(31-17-15-27-16-18-31)20-11-13-22(14-12-20)32-26(34)24(29-28-21-9-5-2-6-10-21)23(30-32)19-7-3-1-4-8-19/h1-14,24,27-29H,15-18H2. The predicted molar refractivity (Wildman–Crippen MR) is 133 cm³/mol. The minimum absolute atomic E-state index is 0.000814. The number of hydrogen-bond donors (Lipinski definition) is 3. The van der Waals surface area contributed by atoms with Crippen molar-refractivity contribution in [3.63, 3.8) is 0 Å². The van der Waals surface area contributed by atoms with Crippen molar-refractivity contribution >= 4 is 28.9 Å². The number of hydrogen-bond acceptors (Lipinski definition) is 6. The number of nitrogens with zero attached hydrogens (tertiary/aromatic N) is 3. The van der Waals surface area contributed by atoms with Crippen LogP contribution in [0, 0.1) is 0 Å². The van der Waals surface area contributed by atoms with Gasteiger partial charge in [-0.25, -0.2) is 5.43 Å². The van der Waals surface area contributed by atoms with Gasteiger partial charge in [-0.3, -0.25) is 9.59 Å². The molecule has 0 spiro atoms. The predicted octanol–water partition coefficient (Wildman–Crippen LogP) is 2.47. The zero-order valence-electron chi connectivity index (χ0n) is 18.6. The first-order chi connectivity index (χ1) is 16.7. The van der Waals surface area contributed by atoms with Crippen molar-refractivity contribution in [3.8, 4) is 0 Å². The summed E-state index contributed by atoms with van der Waals surface area (Å²) in [6.07, 6.45) is 0. The molecule has 0 aromatic heterocycles. The van der Waals surface area contributed by atoms with Crippen LogP contribution in [0.15, 0.2) is 90.0 Å². The molecule has 0 bridgehead atoms. The third-order valence-corrected chi connectivity index (χ3v) is 5.90. The van der Waals surface area contributed by atoms with Crippen molar-refractivity contribution in [2.75, 3.05) is 36.6 Å². The van der Waals surface area contributed by atoms with Gasteiger partial charge < -0.3 is 15.6 Å². The Balaban J connectivity index is 1.38. The van der Waals surface area contributed by atoms with Gasteiger partial charge in [0.25, 0.3) is 11.8 Å². The van der Waals surface area contributed by atoms with Gasteiger partial charge in [-0.2, -0.15) is 10.1 Å². The van der Waals surface area contributed by atoms with Crippen LogP contribution in [0.25, 0.3) is 0 Å². The number of carbonyl (C=O) groups is 2. The van der Waals surface area contributed by atoms with Gasteiger partial charge in [-0.1, -0.05) is 48.5 Å². The van der Waals surface area contributed by atoms with Crippen LogP contribution in [0.4, 0.5) is 11.4 Å². The van der Waals surface area contributed by atoms with E-state index in [-0.39, 0.29) is 11.8 Å². The number of nitrogens with one attached hydrogen (secondary N) is 3. The van der Waals surface area contributed by atoms with Crippen molar-refractivity contribution in [2.24, 2.45) is 5.10 Å². The maximum atomic E-state index is 13.4. The van der Waals surface area contributed by atoms with Crippen LogP contribution < -0.4 is 21.2 Å². The summed E-state index contributed by atoms with van der Waals surface area (Å²) in [7, 11) is 0. The summed E-state index contributed by atoms with van der Waals surface area (Å²) in [5, 5.41) is 9.31. The molecule has 2 heterocycles. The first-order valence-corrected chi connectivity index (χ1v) is 11.4. The molecule has 2 aliphatic rings. The maximum absolute atomic E-state index is 13.4. The molecule has 8 nitrogen and oxygen atoms in total. The molecule has 2 amide bonds. The average Bonchev–Trinajstić information content (AvgIpc) is 3.24. The van der Waals surface area contributed by atoms with Gasteiger partial charge in [-0.15, -0.1) is 0 Å². The number of para-hydroxylation sites is 1. The van der Waals surface area contributed by atoms with E-state index >= 15 is 0 Å². The van der Waals surface area contributed by atoms with E-state index in [2.05, 4.69) is 21.3 Å². The summed E-state index contributed by atoms with van der Waals surface area (Å²) < 4.78 is 0. The molecule has 2 aliphatic heterocycles. The zero-order valence-corrected chi connectivity index (χ0v) is 18.6. The molecule has 3 aromatic rings. The van der Waals surface area contributed by atoms with E-state index in [1.165, 1.54) is 5.01 Å². The summed E-state index contributed by atoms with van der Waals surface area (Å²) in [6.45, 7) is 2.98. The van der Waals surface area contributed by atoms with Gasteiger partial charge in [0, 0.05) is 43.0 Å². The summed E-state index contributed by atoms with van der Waals surface area (Å²) >= 11 is 0. The summed E-state index contributed by atoms with van der Waals surface area (Å²) in [4.78, 5) is 28.0. The highest BCUT2D eigenvalue weighted by Gasteiger charge is 2.37. The Labute approximate surface area is 198 Å². The van der Waals surface area contributed by atoms with Crippen LogP contribution in [-0.2, 0) is 4.79 Å². The second kappa shape index (κ2) is 9.86. The number of carbonyl (C=O) groups excluding carboxylic acids is 2. The van der Waals surface area contributed by atoms with E-state index in [1.807, 2.05) is 65.6 Å². The quantitative estimate of drug-likeness (QED) is 0.498.